The fourth-order valence-electron chi connectivity index (χ4n) is 1.39. The van der Waals surface area contributed by atoms with Gasteiger partial charge in [-0.25, -0.2) is 0 Å². The van der Waals surface area contributed by atoms with Crippen LogP contribution >= 0.6 is 34.8 Å². The zero-order valence-electron chi connectivity index (χ0n) is 8.41. The summed E-state index contributed by atoms with van der Waals surface area (Å²) in [5, 5.41) is 5.91. The Morgan fingerprint density at radius 3 is 2.43 bits per heavy atom. The largest absolute Gasteiger partial charge is 0.295 e. The number of hydrazone groups is 1. The van der Waals surface area contributed by atoms with E-state index in [2.05, 4.69) is 18.9 Å². The van der Waals surface area contributed by atoms with Crippen LogP contribution in [-0.4, -0.2) is 33.4 Å². The van der Waals surface area contributed by atoms with Crippen LogP contribution in [0.2, 0.25) is 0 Å². The van der Waals surface area contributed by atoms with E-state index in [4.69, 9.17) is 34.8 Å². The first-order chi connectivity index (χ1) is 6.32. The van der Waals surface area contributed by atoms with Gasteiger partial charge in [0.25, 0.3) is 3.92 Å². The summed E-state index contributed by atoms with van der Waals surface area (Å²) < 4.78 is -1.42. The Balaban J connectivity index is 2.71. The molecule has 0 aromatic heterocycles. The molecule has 1 rings (SSSR count). The molecule has 1 aliphatic rings. The maximum Gasteiger partial charge on any atom is 0.270 e. The molecule has 3 nitrogen and oxygen atoms in total. The number of halogens is 3. The molecule has 0 fully saturated rings. The van der Waals surface area contributed by atoms with Gasteiger partial charge in [-0.05, 0) is 12.3 Å². The van der Waals surface area contributed by atoms with Crippen molar-refractivity contribution in [3.63, 3.8) is 0 Å². The number of hydrogen-bond donors (Lipinski definition) is 0. The van der Waals surface area contributed by atoms with Gasteiger partial charge < -0.3 is 0 Å². The van der Waals surface area contributed by atoms with E-state index in [0.717, 1.165) is 6.42 Å². The summed E-state index contributed by atoms with van der Waals surface area (Å²) in [7, 11) is 1.87. The molecular formula is C8H14Cl3N3. The Kier molecular flexibility index (Phi) is 3.78. The van der Waals surface area contributed by atoms with Gasteiger partial charge in [-0.3, -0.25) is 9.91 Å². The maximum atomic E-state index is 5.82. The van der Waals surface area contributed by atoms with Crippen molar-refractivity contribution in [2.24, 2.45) is 11.0 Å². The highest BCUT2D eigenvalue weighted by Crippen LogP contribution is 2.35. The van der Waals surface area contributed by atoms with Crippen molar-refractivity contribution in [2.75, 3.05) is 7.05 Å². The van der Waals surface area contributed by atoms with Crippen molar-refractivity contribution in [2.45, 2.75) is 30.4 Å². The zero-order chi connectivity index (χ0) is 10.9. The first-order valence-corrected chi connectivity index (χ1v) is 5.58. The Hall–Kier alpha value is 0.140. The highest BCUT2D eigenvalue weighted by Gasteiger charge is 2.38. The standard InChI is InChI=1S/C8H14Cl3N3/c1-6(2)4-7-13(3)12-5-14(7)8(9,10)11/h5-7H,4H2,1-3H3. The van der Waals surface area contributed by atoms with E-state index in [1.54, 1.807) is 11.2 Å². The van der Waals surface area contributed by atoms with Crippen molar-refractivity contribution < 1.29 is 0 Å². The van der Waals surface area contributed by atoms with Crippen LogP contribution in [-0.2, 0) is 0 Å². The van der Waals surface area contributed by atoms with Gasteiger partial charge in [0.15, 0.2) is 0 Å². The minimum Gasteiger partial charge on any atom is -0.295 e. The van der Waals surface area contributed by atoms with Crippen molar-refractivity contribution in [3.05, 3.63) is 0 Å². The second-order valence-corrected chi connectivity index (χ2v) is 6.01. The summed E-state index contributed by atoms with van der Waals surface area (Å²) in [6.07, 6.45) is 2.51. The topological polar surface area (TPSA) is 18.8 Å². The van der Waals surface area contributed by atoms with Crippen LogP contribution in [0.1, 0.15) is 20.3 Å². The average molecular weight is 259 g/mol. The van der Waals surface area contributed by atoms with Crippen LogP contribution in [0.4, 0.5) is 0 Å². The zero-order valence-corrected chi connectivity index (χ0v) is 10.7. The molecule has 82 valence electrons. The van der Waals surface area contributed by atoms with E-state index in [1.807, 2.05) is 12.1 Å². The second-order valence-electron chi connectivity index (χ2n) is 3.79. The van der Waals surface area contributed by atoms with E-state index in [1.165, 1.54) is 0 Å². The molecule has 6 heteroatoms. The minimum atomic E-state index is -1.42. The number of rotatable bonds is 2. The van der Waals surface area contributed by atoms with E-state index in [9.17, 15) is 0 Å². The number of hydrogen-bond acceptors (Lipinski definition) is 3. The van der Waals surface area contributed by atoms with Crippen LogP contribution in [0.15, 0.2) is 5.10 Å². The lowest BCUT2D eigenvalue weighted by molar-refractivity contribution is 0.135. The predicted molar refractivity (Wildman–Crippen MR) is 61.6 cm³/mol. The lowest BCUT2D eigenvalue weighted by Gasteiger charge is -2.33. The fourth-order valence-corrected chi connectivity index (χ4v) is 1.86. The van der Waals surface area contributed by atoms with Gasteiger partial charge in [-0.1, -0.05) is 48.7 Å². The summed E-state index contributed by atoms with van der Waals surface area (Å²) in [4.78, 5) is 1.64. The summed E-state index contributed by atoms with van der Waals surface area (Å²) >= 11 is 17.5. The third-order valence-corrected chi connectivity index (χ3v) is 2.67. The van der Waals surface area contributed by atoms with Crippen LogP contribution in [0.25, 0.3) is 0 Å². The predicted octanol–water partition coefficient (Wildman–Crippen LogP) is 2.88. The van der Waals surface area contributed by atoms with Crippen LogP contribution in [0.5, 0.6) is 0 Å². The molecule has 14 heavy (non-hydrogen) atoms. The van der Waals surface area contributed by atoms with Gasteiger partial charge in [-0.15, -0.1) is 0 Å². The first-order valence-electron chi connectivity index (χ1n) is 4.44. The lowest BCUT2D eigenvalue weighted by Crippen LogP contribution is -2.45. The minimum absolute atomic E-state index is 0.0301. The lowest BCUT2D eigenvalue weighted by atomic mass is 10.1. The van der Waals surface area contributed by atoms with Gasteiger partial charge in [0, 0.05) is 7.05 Å². The molecule has 0 aliphatic carbocycles. The quantitative estimate of drug-likeness (QED) is 0.560. The Labute approximate surface area is 99.6 Å². The Morgan fingerprint density at radius 1 is 1.43 bits per heavy atom. The van der Waals surface area contributed by atoms with Crippen molar-refractivity contribution in [1.82, 2.24) is 9.91 Å². The molecule has 0 bridgehead atoms. The molecule has 1 heterocycles. The summed E-state index contributed by atoms with van der Waals surface area (Å²) in [5.41, 5.74) is 0. The molecular weight excluding hydrogens is 244 g/mol. The SMILES string of the molecule is CC(C)CC1N(C)N=CN1C(Cl)(Cl)Cl. The molecule has 1 aliphatic heterocycles. The van der Waals surface area contributed by atoms with E-state index in [0.29, 0.717) is 5.92 Å². The summed E-state index contributed by atoms with van der Waals surface area (Å²) in [6.45, 7) is 4.26. The molecule has 0 saturated carbocycles. The molecule has 0 radical (unpaired) electrons. The summed E-state index contributed by atoms with van der Waals surface area (Å²) in [5.74, 6) is 0.527. The van der Waals surface area contributed by atoms with Crippen molar-refractivity contribution in [1.29, 1.82) is 0 Å². The maximum absolute atomic E-state index is 5.82. The van der Waals surface area contributed by atoms with Gasteiger partial charge in [0.2, 0.25) is 0 Å². The highest BCUT2D eigenvalue weighted by atomic mass is 35.6. The molecule has 0 N–H and O–H groups in total. The van der Waals surface area contributed by atoms with Gasteiger partial charge in [0.1, 0.15) is 12.5 Å². The fraction of sp³-hybridized carbons (Fsp3) is 0.875. The third kappa shape index (κ3) is 2.81. The van der Waals surface area contributed by atoms with Crippen molar-refractivity contribution in [3.8, 4) is 0 Å². The average Bonchev–Trinajstić information content (AvgIpc) is 2.30. The summed E-state index contributed by atoms with van der Waals surface area (Å²) in [6, 6.07) is 0. The molecule has 0 aromatic carbocycles. The normalized spacial score (nSPS) is 22.6. The van der Waals surface area contributed by atoms with Gasteiger partial charge >= 0.3 is 0 Å². The molecule has 1 atom stereocenters. The van der Waals surface area contributed by atoms with E-state index < -0.39 is 3.92 Å². The molecule has 0 amide bonds. The Morgan fingerprint density at radius 2 is 2.00 bits per heavy atom. The third-order valence-electron chi connectivity index (χ3n) is 2.09. The van der Waals surface area contributed by atoms with E-state index in [-0.39, 0.29) is 6.17 Å². The van der Waals surface area contributed by atoms with Gasteiger partial charge in [-0.2, -0.15) is 5.10 Å². The smallest absolute Gasteiger partial charge is 0.270 e. The monoisotopic (exact) mass is 257 g/mol. The first kappa shape index (κ1) is 12.2. The second kappa shape index (κ2) is 4.33. The van der Waals surface area contributed by atoms with Crippen molar-refractivity contribution >= 4 is 41.1 Å². The van der Waals surface area contributed by atoms with Crippen LogP contribution in [0.3, 0.4) is 0 Å². The Bertz CT molecular complexity index is 224. The van der Waals surface area contributed by atoms with E-state index >= 15 is 0 Å². The molecule has 0 spiro atoms. The molecule has 0 aromatic rings. The highest BCUT2D eigenvalue weighted by molar-refractivity contribution is 6.67. The number of alkyl halides is 3. The molecule has 1 unspecified atom stereocenters. The van der Waals surface area contributed by atoms with Crippen LogP contribution in [0, 0.1) is 5.92 Å². The van der Waals surface area contributed by atoms with Gasteiger partial charge in [0.05, 0.1) is 0 Å². The molecule has 0 saturated heterocycles. The van der Waals surface area contributed by atoms with Crippen LogP contribution < -0.4 is 0 Å². The number of nitrogens with zero attached hydrogens (tertiary/aromatic N) is 3.